The summed E-state index contributed by atoms with van der Waals surface area (Å²) in [5, 5.41) is 2.18. The molecule has 0 saturated carbocycles. The molecule has 168 valence electrons. The topological polar surface area (TPSA) is 42.0 Å². The lowest BCUT2D eigenvalue weighted by molar-refractivity contribution is -0.143. The van der Waals surface area contributed by atoms with Crippen molar-refractivity contribution in [3.8, 4) is 11.1 Å². The van der Waals surface area contributed by atoms with E-state index in [-0.39, 0.29) is 11.8 Å². The Labute approximate surface area is 177 Å². The second kappa shape index (κ2) is 8.60. The van der Waals surface area contributed by atoms with E-state index in [1.54, 1.807) is 25.3 Å². The molecule has 1 N–H and O–H groups in total. The van der Waals surface area contributed by atoms with Crippen molar-refractivity contribution in [3.63, 3.8) is 0 Å². The first kappa shape index (κ1) is 23.2. The van der Waals surface area contributed by atoms with Gasteiger partial charge in [-0.3, -0.25) is 9.78 Å². The Kier molecular flexibility index (Phi) is 6.25. The maximum absolute atomic E-state index is 14.4. The number of aryl methyl sites for hydroxylation is 1. The highest BCUT2D eigenvalue weighted by Gasteiger charge is 2.37. The third-order valence-corrected chi connectivity index (χ3v) is 4.49. The molecule has 0 aliphatic rings. The number of pyridine rings is 1. The SMILES string of the molecule is Cc1cc(-c2ccc(NC(=O)Cc3cc(C(F)(F)F)cc(C(F)(F)F)c3)c(F)c2)ccn1. The van der Waals surface area contributed by atoms with E-state index in [0.29, 0.717) is 29.0 Å². The van der Waals surface area contributed by atoms with Crippen molar-refractivity contribution in [2.24, 2.45) is 0 Å². The van der Waals surface area contributed by atoms with E-state index in [1.807, 2.05) is 0 Å². The fourth-order valence-electron chi connectivity index (χ4n) is 3.02. The van der Waals surface area contributed by atoms with Gasteiger partial charge in [0.15, 0.2) is 0 Å². The van der Waals surface area contributed by atoms with E-state index in [2.05, 4.69) is 10.3 Å². The second-order valence-corrected chi connectivity index (χ2v) is 7.02. The maximum Gasteiger partial charge on any atom is 0.416 e. The lowest BCUT2D eigenvalue weighted by Crippen LogP contribution is -2.17. The molecule has 0 aliphatic heterocycles. The lowest BCUT2D eigenvalue weighted by atomic mass is 10.0. The number of amides is 1. The smallest absolute Gasteiger partial charge is 0.323 e. The number of hydrogen-bond acceptors (Lipinski definition) is 2. The monoisotopic (exact) mass is 456 g/mol. The largest absolute Gasteiger partial charge is 0.416 e. The van der Waals surface area contributed by atoms with Crippen LogP contribution in [0.3, 0.4) is 0 Å². The van der Waals surface area contributed by atoms with E-state index in [4.69, 9.17) is 0 Å². The number of hydrogen-bond donors (Lipinski definition) is 1. The summed E-state index contributed by atoms with van der Waals surface area (Å²) in [5.74, 6) is -1.78. The van der Waals surface area contributed by atoms with Crippen LogP contribution in [0.25, 0.3) is 11.1 Å². The number of carbonyl (C=O) groups is 1. The predicted octanol–water partition coefficient (Wildman–Crippen LogP) is 6.41. The van der Waals surface area contributed by atoms with Gasteiger partial charge in [-0.2, -0.15) is 26.3 Å². The number of benzene rings is 2. The number of nitrogens with one attached hydrogen (secondary N) is 1. The first-order valence-electron chi connectivity index (χ1n) is 9.14. The van der Waals surface area contributed by atoms with Crippen LogP contribution in [-0.4, -0.2) is 10.9 Å². The Hall–Kier alpha value is -3.43. The summed E-state index contributed by atoms with van der Waals surface area (Å²) >= 11 is 0. The molecule has 0 fully saturated rings. The van der Waals surface area contributed by atoms with Gasteiger partial charge in [-0.15, -0.1) is 0 Å². The zero-order chi connectivity index (χ0) is 23.7. The minimum Gasteiger partial charge on any atom is -0.323 e. The molecule has 0 saturated heterocycles. The van der Waals surface area contributed by atoms with Crippen molar-refractivity contribution in [2.75, 3.05) is 5.32 Å². The average Bonchev–Trinajstić information content (AvgIpc) is 2.68. The van der Waals surface area contributed by atoms with Gasteiger partial charge < -0.3 is 5.32 Å². The van der Waals surface area contributed by atoms with Crippen molar-refractivity contribution < 1.29 is 35.5 Å². The number of anilines is 1. The van der Waals surface area contributed by atoms with E-state index in [0.717, 1.165) is 6.07 Å². The molecule has 32 heavy (non-hydrogen) atoms. The molecule has 3 nitrogen and oxygen atoms in total. The molecule has 1 heterocycles. The fourth-order valence-corrected chi connectivity index (χ4v) is 3.02. The van der Waals surface area contributed by atoms with Crippen molar-refractivity contribution in [1.29, 1.82) is 0 Å². The highest BCUT2D eigenvalue weighted by atomic mass is 19.4. The molecular weight excluding hydrogens is 441 g/mol. The van der Waals surface area contributed by atoms with E-state index in [1.165, 1.54) is 12.1 Å². The number of alkyl halides is 6. The average molecular weight is 456 g/mol. The van der Waals surface area contributed by atoms with Gasteiger partial charge in [-0.25, -0.2) is 4.39 Å². The maximum atomic E-state index is 14.4. The molecule has 0 atom stereocenters. The van der Waals surface area contributed by atoms with Crippen LogP contribution < -0.4 is 5.32 Å². The summed E-state index contributed by atoms with van der Waals surface area (Å²) in [4.78, 5) is 16.2. The summed E-state index contributed by atoms with van der Waals surface area (Å²) in [6.45, 7) is 1.76. The van der Waals surface area contributed by atoms with Crippen LogP contribution in [0.15, 0.2) is 54.7 Å². The lowest BCUT2D eigenvalue weighted by Gasteiger charge is -2.14. The van der Waals surface area contributed by atoms with E-state index in [9.17, 15) is 35.5 Å². The van der Waals surface area contributed by atoms with Crippen molar-refractivity contribution in [2.45, 2.75) is 25.7 Å². The van der Waals surface area contributed by atoms with Crippen LogP contribution in [0.4, 0.5) is 36.4 Å². The molecule has 2 aromatic carbocycles. The van der Waals surface area contributed by atoms with Crippen LogP contribution in [0, 0.1) is 12.7 Å². The Morgan fingerprint density at radius 3 is 2.00 bits per heavy atom. The van der Waals surface area contributed by atoms with Gasteiger partial charge in [0.1, 0.15) is 5.82 Å². The molecule has 0 radical (unpaired) electrons. The van der Waals surface area contributed by atoms with Crippen LogP contribution in [0.1, 0.15) is 22.4 Å². The van der Waals surface area contributed by atoms with Crippen molar-refractivity contribution in [3.05, 3.63) is 82.9 Å². The van der Waals surface area contributed by atoms with Crippen LogP contribution in [0.2, 0.25) is 0 Å². The molecule has 1 aromatic heterocycles. The van der Waals surface area contributed by atoms with E-state index < -0.39 is 47.2 Å². The Morgan fingerprint density at radius 1 is 0.875 bits per heavy atom. The first-order valence-corrected chi connectivity index (χ1v) is 9.14. The Bertz CT molecular complexity index is 1120. The van der Waals surface area contributed by atoms with E-state index >= 15 is 0 Å². The normalized spacial score (nSPS) is 12.0. The van der Waals surface area contributed by atoms with Crippen molar-refractivity contribution >= 4 is 11.6 Å². The molecule has 0 spiro atoms. The molecule has 3 aromatic rings. The van der Waals surface area contributed by atoms with Gasteiger partial charge >= 0.3 is 12.4 Å². The second-order valence-electron chi connectivity index (χ2n) is 7.02. The quantitative estimate of drug-likeness (QED) is 0.461. The van der Waals surface area contributed by atoms with Crippen molar-refractivity contribution in [1.82, 2.24) is 4.98 Å². The molecule has 10 heteroatoms. The number of aromatic nitrogens is 1. The highest BCUT2D eigenvalue weighted by molar-refractivity contribution is 5.92. The van der Waals surface area contributed by atoms with Crippen LogP contribution in [0.5, 0.6) is 0 Å². The standard InChI is InChI=1S/C22H15F7N2O/c1-12-6-15(4-5-30-12)14-2-3-19(18(23)10-14)31-20(32)9-13-7-16(21(24,25)26)11-17(8-13)22(27,28)29/h2-8,10-11H,9H2,1H3,(H,31,32). The van der Waals surface area contributed by atoms with Gasteiger partial charge in [-0.1, -0.05) is 6.07 Å². The predicted molar refractivity (Wildman–Crippen MR) is 103 cm³/mol. The first-order chi connectivity index (χ1) is 14.8. The molecular formula is C22H15F7N2O. The minimum absolute atomic E-state index is 0.0272. The summed E-state index contributed by atoms with van der Waals surface area (Å²) in [7, 11) is 0. The number of nitrogens with zero attached hydrogens (tertiary/aromatic N) is 1. The van der Waals surface area contributed by atoms with Gasteiger partial charge in [0, 0.05) is 11.9 Å². The highest BCUT2D eigenvalue weighted by Crippen LogP contribution is 2.36. The Balaban J connectivity index is 1.81. The third-order valence-electron chi connectivity index (χ3n) is 4.49. The summed E-state index contributed by atoms with van der Waals surface area (Å²) in [6, 6.07) is 8.19. The summed E-state index contributed by atoms with van der Waals surface area (Å²) < 4.78 is 92.2. The number of rotatable bonds is 4. The van der Waals surface area contributed by atoms with Gasteiger partial charge in [0.05, 0.1) is 23.2 Å². The van der Waals surface area contributed by atoms with Crippen LogP contribution in [-0.2, 0) is 23.6 Å². The molecule has 0 unspecified atom stereocenters. The minimum atomic E-state index is -5.03. The van der Waals surface area contributed by atoms with Gasteiger partial charge in [0.25, 0.3) is 0 Å². The van der Waals surface area contributed by atoms with Gasteiger partial charge in [-0.05, 0) is 66.1 Å². The summed E-state index contributed by atoms with van der Waals surface area (Å²) in [6.07, 6.45) is -9.32. The third kappa shape index (κ3) is 5.63. The summed E-state index contributed by atoms with van der Waals surface area (Å²) in [5.41, 5.74) is -1.94. The zero-order valence-corrected chi connectivity index (χ0v) is 16.4. The van der Waals surface area contributed by atoms with Gasteiger partial charge in [0.2, 0.25) is 5.91 Å². The zero-order valence-electron chi connectivity index (χ0n) is 16.4. The number of halogens is 7. The Morgan fingerprint density at radius 2 is 1.47 bits per heavy atom. The molecule has 1 amide bonds. The molecule has 0 aliphatic carbocycles. The molecule has 0 bridgehead atoms. The fraction of sp³-hybridized carbons (Fsp3) is 0.182. The van der Waals surface area contributed by atoms with Crippen LogP contribution >= 0.6 is 0 Å². The molecule has 3 rings (SSSR count). The number of carbonyl (C=O) groups excluding carboxylic acids is 1.